The average molecular weight is 302 g/mol. The Bertz CT molecular complexity index is 625. The second kappa shape index (κ2) is 5.73. The standard InChI is InChI=1S/C14H11ClF3NO/c1-20-8-2-3-9(10(15)6-8)14(19)13-11(17)4-7(16)5-12(13)18/h2-6,14H,19H2,1H3. The van der Waals surface area contributed by atoms with Crippen molar-refractivity contribution in [3.05, 3.63) is 63.9 Å². The summed E-state index contributed by atoms with van der Waals surface area (Å²) in [5.41, 5.74) is 5.72. The van der Waals surface area contributed by atoms with E-state index in [9.17, 15) is 13.2 Å². The average Bonchev–Trinajstić information content (AvgIpc) is 2.37. The molecule has 0 aliphatic carbocycles. The van der Waals surface area contributed by atoms with Gasteiger partial charge in [0, 0.05) is 22.7 Å². The number of benzene rings is 2. The lowest BCUT2D eigenvalue weighted by atomic mass is 9.98. The number of rotatable bonds is 3. The van der Waals surface area contributed by atoms with Gasteiger partial charge in [0.2, 0.25) is 0 Å². The number of halogens is 4. The third kappa shape index (κ3) is 2.73. The van der Waals surface area contributed by atoms with Gasteiger partial charge in [-0.1, -0.05) is 17.7 Å². The number of methoxy groups -OCH3 is 1. The molecule has 0 saturated heterocycles. The second-order valence-electron chi connectivity index (χ2n) is 4.15. The Morgan fingerprint density at radius 2 is 1.70 bits per heavy atom. The molecule has 2 aromatic carbocycles. The summed E-state index contributed by atoms with van der Waals surface area (Å²) in [5.74, 6) is -2.62. The van der Waals surface area contributed by atoms with Gasteiger partial charge in [0.25, 0.3) is 0 Å². The van der Waals surface area contributed by atoms with Crippen molar-refractivity contribution in [1.29, 1.82) is 0 Å². The Morgan fingerprint density at radius 3 is 2.20 bits per heavy atom. The Hall–Kier alpha value is -1.72. The van der Waals surface area contributed by atoms with Gasteiger partial charge in [-0.05, 0) is 17.7 Å². The molecule has 0 aliphatic heterocycles. The number of hydrogen-bond donors (Lipinski definition) is 1. The van der Waals surface area contributed by atoms with Crippen LogP contribution in [-0.2, 0) is 0 Å². The molecule has 6 heteroatoms. The monoisotopic (exact) mass is 301 g/mol. The Labute approximate surface area is 118 Å². The maximum Gasteiger partial charge on any atom is 0.134 e. The first kappa shape index (κ1) is 14.7. The summed E-state index contributed by atoms with van der Waals surface area (Å²) in [4.78, 5) is 0. The largest absolute Gasteiger partial charge is 0.497 e. The predicted molar refractivity (Wildman–Crippen MR) is 70.4 cm³/mol. The van der Waals surface area contributed by atoms with Crippen LogP contribution in [0.5, 0.6) is 5.75 Å². The van der Waals surface area contributed by atoms with Crippen LogP contribution in [0, 0.1) is 17.5 Å². The zero-order valence-corrected chi connectivity index (χ0v) is 11.2. The summed E-state index contributed by atoms with van der Waals surface area (Å²) < 4.78 is 45.3. The number of ether oxygens (including phenoxy) is 1. The van der Waals surface area contributed by atoms with Crippen molar-refractivity contribution in [2.75, 3.05) is 7.11 Å². The van der Waals surface area contributed by atoms with Gasteiger partial charge in [0.05, 0.1) is 13.2 Å². The highest BCUT2D eigenvalue weighted by Crippen LogP contribution is 2.32. The van der Waals surface area contributed by atoms with Gasteiger partial charge >= 0.3 is 0 Å². The highest BCUT2D eigenvalue weighted by Gasteiger charge is 2.21. The van der Waals surface area contributed by atoms with Gasteiger partial charge in [-0.25, -0.2) is 13.2 Å². The van der Waals surface area contributed by atoms with E-state index in [0.717, 1.165) is 0 Å². The molecule has 0 heterocycles. The van der Waals surface area contributed by atoms with Crippen LogP contribution in [0.1, 0.15) is 17.2 Å². The van der Waals surface area contributed by atoms with Crippen LogP contribution in [0.2, 0.25) is 5.02 Å². The van der Waals surface area contributed by atoms with Crippen LogP contribution < -0.4 is 10.5 Å². The van der Waals surface area contributed by atoms with E-state index in [-0.39, 0.29) is 5.02 Å². The molecule has 2 rings (SSSR count). The predicted octanol–water partition coefficient (Wildman–Crippen LogP) is 3.81. The van der Waals surface area contributed by atoms with E-state index in [0.29, 0.717) is 23.4 Å². The highest BCUT2D eigenvalue weighted by molar-refractivity contribution is 6.31. The molecule has 0 aliphatic rings. The third-order valence-corrected chi connectivity index (χ3v) is 3.22. The SMILES string of the molecule is COc1ccc(C(N)c2c(F)cc(F)cc2F)c(Cl)c1. The van der Waals surface area contributed by atoms with Gasteiger partial charge in [0.1, 0.15) is 23.2 Å². The lowest BCUT2D eigenvalue weighted by Crippen LogP contribution is -2.16. The molecule has 2 nitrogen and oxygen atoms in total. The molecule has 0 radical (unpaired) electrons. The number of nitrogens with two attached hydrogens (primary N) is 1. The van der Waals surface area contributed by atoms with Crippen LogP contribution in [0.3, 0.4) is 0 Å². The van der Waals surface area contributed by atoms with Crippen LogP contribution >= 0.6 is 11.6 Å². The van der Waals surface area contributed by atoms with Gasteiger partial charge in [0.15, 0.2) is 0 Å². The number of hydrogen-bond acceptors (Lipinski definition) is 2. The van der Waals surface area contributed by atoms with Crippen LogP contribution in [0.15, 0.2) is 30.3 Å². The third-order valence-electron chi connectivity index (χ3n) is 2.90. The summed E-state index contributed by atoms with van der Waals surface area (Å²) >= 11 is 6.01. The lowest BCUT2D eigenvalue weighted by molar-refractivity contribution is 0.414. The Balaban J connectivity index is 2.49. The molecule has 2 aromatic rings. The summed E-state index contributed by atoms with van der Waals surface area (Å²) in [7, 11) is 1.46. The normalized spacial score (nSPS) is 12.3. The highest BCUT2D eigenvalue weighted by atomic mass is 35.5. The maximum atomic E-state index is 13.7. The van der Waals surface area contributed by atoms with Crippen LogP contribution in [0.25, 0.3) is 0 Å². The van der Waals surface area contributed by atoms with Crippen molar-refractivity contribution in [2.45, 2.75) is 6.04 Å². The van der Waals surface area contributed by atoms with Crippen LogP contribution in [0.4, 0.5) is 13.2 Å². The van der Waals surface area contributed by atoms with Crippen molar-refractivity contribution < 1.29 is 17.9 Å². The minimum Gasteiger partial charge on any atom is -0.497 e. The first-order valence-electron chi connectivity index (χ1n) is 5.67. The van der Waals surface area contributed by atoms with E-state index in [2.05, 4.69) is 0 Å². The van der Waals surface area contributed by atoms with Gasteiger partial charge in [-0.3, -0.25) is 0 Å². The quantitative estimate of drug-likeness (QED) is 0.935. The second-order valence-corrected chi connectivity index (χ2v) is 4.56. The summed E-state index contributed by atoms with van der Waals surface area (Å²) in [6.45, 7) is 0. The van der Waals surface area contributed by atoms with E-state index in [1.807, 2.05) is 0 Å². The fraction of sp³-hybridized carbons (Fsp3) is 0.143. The molecule has 0 aromatic heterocycles. The van der Waals surface area contributed by atoms with E-state index >= 15 is 0 Å². The fourth-order valence-corrected chi connectivity index (χ4v) is 2.18. The smallest absolute Gasteiger partial charge is 0.134 e. The fourth-order valence-electron chi connectivity index (χ4n) is 1.89. The Morgan fingerprint density at radius 1 is 1.10 bits per heavy atom. The topological polar surface area (TPSA) is 35.2 Å². The molecule has 0 fully saturated rings. The summed E-state index contributed by atoms with van der Waals surface area (Å²) in [6.07, 6.45) is 0. The molecule has 0 spiro atoms. The Kier molecular flexibility index (Phi) is 4.20. The van der Waals surface area contributed by atoms with Crippen molar-refractivity contribution >= 4 is 11.6 Å². The molecule has 106 valence electrons. The minimum atomic E-state index is -1.14. The van der Waals surface area contributed by atoms with Crippen molar-refractivity contribution in [3.8, 4) is 5.75 Å². The maximum absolute atomic E-state index is 13.7. The minimum absolute atomic E-state index is 0.208. The van der Waals surface area contributed by atoms with Gasteiger partial charge in [-0.2, -0.15) is 0 Å². The van der Waals surface area contributed by atoms with E-state index in [1.165, 1.54) is 19.2 Å². The van der Waals surface area contributed by atoms with Crippen LogP contribution in [-0.4, -0.2) is 7.11 Å². The van der Waals surface area contributed by atoms with E-state index in [1.54, 1.807) is 6.07 Å². The molecule has 0 bridgehead atoms. The van der Waals surface area contributed by atoms with Crippen molar-refractivity contribution in [2.24, 2.45) is 5.73 Å². The first-order chi connectivity index (χ1) is 9.43. The first-order valence-corrected chi connectivity index (χ1v) is 6.05. The summed E-state index contributed by atoms with van der Waals surface area (Å²) in [6, 6.07) is 4.57. The van der Waals surface area contributed by atoms with Gasteiger partial charge < -0.3 is 10.5 Å². The van der Waals surface area contributed by atoms with Gasteiger partial charge in [-0.15, -0.1) is 0 Å². The van der Waals surface area contributed by atoms with Crippen molar-refractivity contribution in [3.63, 3.8) is 0 Å². The molecule has 20 heavy (non-hydrogen) atoms. The lowest BCUT2D eigenvalue weighted by Gasteiger charge is -2.16. The molecule has 2 N–H and O–H groups in total. The van der Waals surface area contributed by atoms with E-state index < -0.39 is 29.1 Å². The molecule has 0 saturated carbocycles. The molecule has 0 amide bonds. The molecular formula is C14H11ClF3NO. The summed E-state index contributed by atoms with van der Waals surface area (Å²) in [5, 5.41) is 0.208. The zero-order valence-electron chi connectivity index (χ0n) is 10.5. The molecule has 1 unspecified atom stereocenters. The molecule has 1 atom stereocenters. The molecular weight excluding hydrogens is 291 g/mol. The zero-order chi connectivity index (χ0) is 14.9. The van der Waals surface area contributed by atoms with Crippen molar-refractivity contribution in [1.82, 2.24) is 0 Å². The van der Waals surface area contributed by atoms with E-state index in [4.69, 9.17) is 22.1 Å².